The van der Waals surface area contributed by atoms with Crippen molar-refractivity contribution in [1.82, 2.24) is 0 Å². The van der Waals surface area contributed by atoms with Crippen LogP contribution in [0.1, 0.15) is 28.3 Å². The highest BCUT2D eigenvalue weighted by Gasteiger charge is 2.17. The Morgan fingerprint density at radius 2 is 1.71 bits per heavy atom. The molecule has 4 heteroatoms. The Morgan fingerprint density at radius 3 is 2.33 bits per heavy atom. The molecule has 0 aliphatic heterocycles. The van der Waals surface area contributed by atoms with Crippen LogP contribution in [0, 0.1) is 20.8 Å². The van der Waals surface area contributed by atoms with Crippen LogP contribution in [0.5, 0.6) is 5.75 Å². The highest BCUT2D eigenvalue weighted by Crippen LogP contribution is 2.25. The summed E-state index contributed by atoms with van der Waals surface area (Å²) < 4.78 is 0. The van der Waals surface area contributed by atoms with E-state index in [1.807, 2.05) is 38.1 Å². The van der Waals surface area contributed by atoms with Crippen molar-refractivity contribution in [1.29, 1.82) is 0 Å². The zero-order chi connectivity index (χ0) is 15.6. The lowest BCUT2D eigenvalue weighted by atomic mass is 10.0. The number of carbonyl (C=O) groups is 1. The molecule has 1 amide bonds. The first-order valence-electron chi connectivity index (χ1n) is 6.81. The normalized spacial score (nSPS) is 12.0. The maximum Gasteiger partial charge on any atom is 0.245 e. The van der Waals surface area contributed by atoms with Crippen LogP contribution in [-0.4, -0.2) is 11.0 Å². The van der Waals surface area contributed by atoms with Crippen molar-refractivity contribution < 1.29 is 9.90 Å². The molecular weight excluding hydrogens is 264 g/mol. The fourth-order valence-corrected chi connectivity index (χ4v) is 2.07. The van der Waals surface area contributed by atoms with Crippen LogP contribution in [0.15, 0.2) is 36.4 Å². The lowest BCUT2D eigenvalue weighted by Crippen LogP contribution is -2.28. The lowest BCUT2D eigenvalue weighted by Gasteiger charge is -2.15. The largest absolute Gasteiger partial charge is 0.508 e. The molecule has 2 aromatic carbocycles. The van der Waals surface area contributed by atoms with Gasteiger partial charge in [-0.3, -0.25) is 4.79 Å². The molecule has 0 fully saturated rings. The maximum absolute atomic E-state index is 12.2. The van der Waals surface area contributed by atoms with E-state index in [0.29, 0.717) is 11.3 Å². The number of rotatable bonds is 3. The molecule has 21 heavy (non-hydrogen) atoms. The predicted octanol–water partition coefficient (Wildman–Crippen LogP) is 2.96. The maximum atomic E-state index is 12.2. The average Bonchev–Trinajstić information content (AvgIpc) is 2.44. The van der Waals surface area contributed by atoms with Crippen molar-refractivity contribution in [2.75, 3.05) is 5.32 Å². The number of phenolic OH excluding ortho intramolecular Hbond substituents is 1. The third-order valence-corrected chi connectivity index (χ3v) is 3.52. The standard InChI is InChI=1S/C17H20N2O2/c1-10-4-6-13(7-5-10)16(18)17(21)19-14-8-12(3)15(20)9-11(14)2/h4-9,16,20H,18H2,1-3H3,(H,19,21). The first kappa shape index (κ1) is 15.1. The fourth-order valence-electron chi connectivity index (χ4n) is 2.07. The van der Waals surface area contributed by atoms with E-state index in [-0.39, 0.29) is 11.7 Å². The predicted molar refractivity (Wildman–Crippen MR) is 84.3 cm³/mol. The molecule has 0 aromatic heterocycles. The summed E-state index contributed by atoms with van der Waals surface area (Å²) in [7, 11) is 0. The highest BCUT2D eigenvalue weighted by atomic mass is 16.3. The summed E-state index contributed by atoms with van der Waals surface area (Å²) in [5, 5.41) is 12.5. The lowest BCUT2D eigenvalue weighted by molar-refractivity contribution is -0.117. The number of nitrogens with two attached hydrogens (primary N) is 1. The second kappa shape index (κ2) is 5.97. The molecule has 2 rings (SSSR count). The summed E-state index contributed by atoms with van der Waals surface area (Å²) in [5.74, 6) is -0.0552. The van der Waals surface area contributed by atoms with Crippen molar-refractivity contribution >= 4 is 11.6 Å². The number of aromatic hydroxyl groups is 1. The topological polar surface area (TPSA) is 75.4 Å². The van der Waals surface area contributed by atoms with Crippen LogP contribution in [-0.2, 0) is 4.79 Å². The van der Waals surface area contributed by atoms with E-state index in [9.17, 15) is 9.90 Å². The summed E-state index contributed by atoms with van der Waals surface area (Å²) in [4.78, 5) is 12.2. The summed E-state index contributed by atoms with van der Waals surface area (Å²) >= 11 is 0. The van der Waals surface area contributed by atoms with Gasteiger partial charge >= 0.3 is 0 Å². The van der Waals surface area contributed by atoms with Crippen LogP contribution in [0.4, 0.5) is 5.69 Å². The summed E-state index contributed by atoms with van der Waals surface area (Å²) in [6, 6.07) is 10.2. The van der Waals surface area contributed by atoms with E-state index >= 15 is 0 Å². The summed E-state index contributed by atoms with van der Waals surface area (Å²) in [6.07, 6.45) is 0. The van der Waals surface area contributed by atoms with Crippen LogP contribution in [0.25, 0.3) is 0 Å². The van der Waals surface area contributed by atoms with E-state index in [4.69, 9.17) is 5.73 Å². The molecule has 0 spiro atoms. The van der Waals surface area contributed by atoms with E-state index < -0.39 is 6.04 Å². The average molecular weight is 284 g/mol. The monoisotopic (exact) mass is 284 g/mol. The number of hydrogen-bond acceptors (Lipinski definition) is 3. The molecule has 0 saturated carbocycles. The fraction of sp³-hybridized carbons (Fsp3) is 0.235. The molecule has 1 atom stereocenters. The number of amides is 1. The molecule has 2 aromatic rings. The van der Waals surface area contributed by atoms with Gasteiger partial charge in [-0.1, -0.05) is 29.8 Å². The minimum atomic E-state index is -0.723. The Hall–Kier alpha value is -2.33. The van der Waals surface area contributed by atoms with Gasteiger partial charge in [-0.05, 0) is 49.6 Å². The molecule has 110 valence electrons. The number of aryl methyl sites for hydroxylation is 3. The van der Waals surface area contributed by atoms with Gasteiger partial charge < -0.3 is 16.2 Å². The number of benzene rings is 2. The van der Waals surface area contributed by atoms with Crippen molar-refractivity contribution in [3.63, 3.8) is 0 Å². The minimum absolute atomic E-state index is 0.216. The minimum Gasteiger partial charge on any atom is -0.508 e. The number of phenols is 1. The molecule has 0 saturated heterocycles. The third kappa shape index (κ3) is 3.41. The first-order chi connectivity index (χ1) is 9.88. The Labute approximate surface area is 124 Å². The van der Waals surface area contributed by atoms with Crippen LogP contribution in [0.2, 0.25) is 0 Å². The van der Waals surface area contributed by atoms with Gasteiger partial charge in [0.2, 0.25) is 5.91 Å². The Morgan fingerprint density at radius 1 is 1.10 bits per heavy atom. The molecule has 0 radical (unpaired) electrons. The number of nitrogens with one attached hydrogen (secondary N) is 1. The second-order valence-electron chi connectivity index (χ2n) is 5.33. The quantitative estimate of drug-likeness (QED) is 0.758. The highest BCUT2D eigenvalue weighted by molar-refractivity contribution is 5.96. The van der Waals surface area contributed by atoms with Gasteiger partial charge in [0.25, 0.3) is 0 Å². The molecule has 0 aliphatic carbocycles. The zero-order valence-electron chi connectivity index (χ0n) is 12.5. The molecule has 0 bridgehead atoms. The molecule has 4 N–H and O–H groups in total. The Kier molecular flexibility index (Phi) is 4.29. The van der Waals surface area contributed by atoms with Gasteiger partial charge in [-0.15, -0.1) is 0 Å². The Balaban J connectivity index is 2.18. The van der Waals surface area contributed by atoms with Gasteiger partial charge in [0.15, 0.2) is 0 Å². The number of hydrogen-bond donors (Lipinski definition) is 3. The van der Waals surface area contributed by atoms with Gasteiger partial charge in [-0.2, -0.15) is 0 Å². The molecule has 4 nitrogen and oxygen atoms in total. The summed E-state index contributed by atoms with van der Waals surface area (Å²) in [5.41, 5.74) is 10.1. The molecular formula is C17H20N2O2. The van der Waals surface area contributed by atoms with Crippen molar-refractivity contribution in [3.05, 3.63) is 58.7 Å². The van der Waals surface area contributed by atoms with Crippen LogP contribution >= 0.6 is 0 Å². The molecule has 0 aliphatic rings. The van der Waals surface area contributed by atoms with Crippen LogP contribution < -0.4 is 11.1 Å². The van der Waals surface area contributed by atoms with Crippen LogP contribution in [0.3, 0.4) is 0 Å². The number of carbonyl (C=O) groups excluding carboxylic acids is 1. The number of anilines is 1. The van der Waals surface area contributed by atoms with E-state index in [0.717, 1.165) is 16.7 Å². The van der Waals surface area contributed by atoms with Gasteiger partial charge in [0, 0.05) is 5.69 Å². The van der Waals surface area contributed by atoms with Gasteiger partial charge in [-0.25, -0.2) is 0 Å². The van der Waals surface area contributed by atoms with Crippen molar-refractivity contribution in [2.24, 2.45) is 5.73 Å². The SMILES string of the molecule is Cc1ccc(C(N)C(=O)Nc2cc(C)c(O)cc2C)cc1. The molecule has 0 heterocycles. The van der Waals surface area contributed by atoms with Gasteiger partial charge in [0.05, 0.1) is 0 Å². The van der Waals surface area contributed by atoms with Crippen molar-refractivity contribution in [3.8, 4) is 5.75 Å². The van der Waals surface area contributed by atoms with Crippen molar-refractivity contribution in [2.45, 2.75) is 26.8 Å². The zero-order valence-corrected chi connectivity index (χ0v) is 12.5. The smallest absolute Gasteiger partial charge is 0.245 e. The Bertz CT molecular complexity index is 663. The van der Waals surface area contributed by atoms with Gasteiger partial charge in [0.1, 0.15) is 11.8 Å². The first-order valence-corrected chi connectivity index (χ1v) is 6.81. The van der Waals surface area contributed by atoms with E-state index in [1.54, 1.807) is 19.1 Å². The molecule has 1 unspecified atom stereocenters. The third-order valence-electron chi connectivity index (χ3n) is 3.52. The summed E-state index contributed by atoms with van der Waals surface area (Å²) in [6.45, 7) is 5.59. The van der Waals surface area contributed by atoms with E-state index in [1.165, 1.54) is 0 Å². The second-order valence-corrected chi connectivity index (χ2v) is 5.33. The van der Waals surface area contributed by atoms with E-state index in [2.05, 4.69) is 5.32 Å².